The molecule has 4 N–H and O–H groups in total. The van der Waals surface area contributed by atoms with E-state index in [2.05, 4.69) is 15.6 Å². The number of carbonyl (C=O) groups excluding carboxylic acids is 1. The van der Waals surface area contributed by atoms with Crippen molar-refractivity contribution in [2.75, 3.05) is 36.7 Å². The highest BCUT2D eigenvalue weighted by atomic mass is 32.2. The Balaban J connectivity index is 1.45. The van der Waals surface area contributed by atoms with Crippen molar-refractivity contribution in [2.24, 2.45) is 5.73 Å². The first kappa shape index (κ1) is 28.6. The normalized spacial score (nSPS) is 12.9. The van der Waals surface area contributed by atoms with E-state index in [9.17, 15) is 13.6 Å². The molecule has 42 heavy (non-hydrogen) atoms. The van der Waals surface area contributed by atoms with Crippen molar-refractivity contribution < 1.29 is 18.3 Å². The highest BCUT2D eigenvalue weighted by molar-refractivity contribution is 8.12. The Bertz CT molecular complexity index is 1700. The molecule has 0 saturated carbocycles. The van der Waals surface area contributed by atoms with Gasteiger partial charge in [-0.1, -0.05) is 30.0 Å². The number of nitrogens with one attached hydrogen (secondary N) is 2. The minimum absolute atomic E-state index is 0.390. The molecule has 214 valence electrons. The van der Waals surface area contributed by atoms with Gasteiger partial charge in [-0.15, -0.1) is 0 Å². The fourth-order valence-corrected chi connectivity index (χ4v) is 5.40. The molecule has 3 aromatic carbocycles. The standard InChI is InChI=1S/C31H28F2N6O2S/c1-39(2)25-17-20(10-12-26(25)41-3)37-31-35-15-14-24(38-31)29-21(11-13-27(34)42-29)18-6-4-7-19(16-18)36-30(40)28-22(32)8-5-9-23(28)33/h4-10,12-17H,11,34H2,1-3H3,(H,36,40)(H,35,37,38). The number of thioether (sulfide) groups is 1. The zero-order valence-electron chi connectivity index (χ0n) is 23.1. The minimum Gasteiger partial charge on any atom is -0.495 e. The largest absolute Gasteiger partial charge is 0.495 e. The average molecular weight is 587 g/mol. The number of halogens is 2. The topological polar surface area (TPSA) is 105 Å². The number of allylic oxidation sites excluding steroid dienone is 2. The summed E-state index contributed by atoms with van der Waals surface area (Å²) < 4.78 is 33.8. The number of carbonyl (C=O) groups is 1. The second kappa shape index (κ2) is 12.3. The van der Waals surface area contributed by atoms with E-state index in [0.717, 1.165) is 45.3 Å². The number of nitrogens with two attached hydrogens (primary N) is 1. The van der Waals surface area contributed by atoms with Gasteiger partial charge in [-0.05, 0) is 72.2 Å². The van der Waals surface area contributed by atoms with Gasteiger partial charge in [0.05, 0.1) is 23.5 Å². The molecule has 4 aromatic rings. The van der Waals surface area contributed by atoms with Crippen LogP contribution in [0.1, 0.15) is 28.0 Å². The van der Waals surface area contributed by atoms with Crippen molar-refractivity contribution in [3.8, 4) is 5.75 Å². The Morgan fingerprint density at radius 1 is 1.02 bits per heavy atom. The summed E-state index contributed by atoms with van der Waals surface area (Å²) in [5, 5.41) is 6.50. The minimum atomic E-state index is -0.932. The van der Waals surface area contributed by atoms with Crippen LogP contribution in [0.4, 0.5) is 31.8 Å². The van der Waals surface area contributed by atoms with E-state index in [-0.39, 0.29) is 0 Å². The van der Waals surface area contributed by atoms with Crippen molar-refractivity contribution >= 4 is 51.2 Å². The molecular weight excluding hydrogens is 558 g/mol. The Kier molecular flexibility index (Phi) is 8.39. The molecule has 0 fully saturated rings. The predicted molar refractivity (Wildman–Crippen MR) is 165 cm³/mol. The molecular formula is C31H28F2N6O2S. The maximum atomic E-state index is 14.2. The highest BCUT2D eigenvalue weighted by Gasteiger charge is 2.21. The summed E-state index contributed by atoms with van der Waals surface area (Å²) in [5.74, 6) is -1.59. The molecule has 0 aliphatic carbocycles. The van der Waals surface area contributed by atoms with Crippen LogP contribution in [0.3, 0.4) is 0 Å². The van der Waals surface area contributed by atoms with Gasteiger partial charge in [0, 0.05) is 36.6 Å². The molecule has 11 heteroatoms. The Morgan fingerprint density at radius 3 is 2.52 bits per heavy atom. The number of benzene rings is 3. The summed E-state index contributed by atoms with van der Waals surface area (Å²) in [6, 6.07) is 17.9. The van der Waals surface area contributed by atoms with Crippen LogP contribution in [0.15, 0.2) is 84.0 Å². The SMILES string of the molecule is COc1ccc(Nc2nccc(C3=C(c4cccc(NC(=O)c5c(F)cccc5F)c4)CC=C(N)S3)n2)cc1N(C)C. The third-order valence-electron chi connectivity index (χ3n) is 6.47. The lowest BCUT2D eigenvalue weighted by atomic mass is 10.00. The number of anilines is 4. The van der Waals surface area contributed by atoms with E-state index in [1.165, 1.54) is 17.8 Å². The van der Waals surface area contributed by atoms with Crippen LogP contribution in [-0.4, -0.2) is 37.1 Å². The maximum absolute atomic E-state index is 14.2. The number of amides is 1. The van der Waals surface area contributed by atoms with Crippen LogP contribution in [0.2, 0.25) is 0 Å². The molecule has 1 aromatic heterocycles. The average Bonchev–Trinajstić information content (AvgIpc) is 2.97. The quantitative estimate of drug-likeness (QED) is 0.211. The van der Waals surface area contributed by atoms with Gasteiger partial charge in [-0.25, -0.2) is 18.7 Å². The van der Waals surface area contributed by atoms with E-state index < -0.39 is 23.1 Å². The summed E-state index contributed by atoms with van der Waals surface area (Å²) in [4.78, 5) is 24.6. The van der Waals surface area contributed by atoms with Gasteiger partial charge < -0.3 is 26.0 Å². The van der Waals surface area contributed by atoms with Crippen molar-refractivity contribution in [1.29, 1.82) is 0 Å². The number of nitrogens with zero attached hydrogens (tertiary/aromatic N) is 3. The monoisotopic (exact) mass is 586 g/mol. The highest BCUT2D eigenvalue weighted by Crippen LogP contribution is 2.43. The third kappa shape index (κ3) is 6.21. The Hall–Kier alpha value is -4.90. The van der Waals surface area contributed by atoms with Crippen molar-refractivity contribution in [3.63, 3.8) is 0 Å². The molecule has 1 aliphatic heterocycles. The summed E-state index contributed by atoms with van der Waals surface area (Å²) >= 11 is 1.38. The zero-order chi connectivity index (χ0) is 29.8. The van der Waals surface area contributed by atoms with E-state index in [1.54, 1.807) is 37.6 Å². The number of aromatic nitrogens is 2. The lowest BCUT2D eigenvalue weighted by Crippen LogP contribution is -2.16. The third-order valence-corrected chi connectivity index (χ3v) is 7.53. The van der Waals surface area contributed by atoms with E-state index in [4.69, 9.17) is 15.5 Å². The second-order valence-corrected chi connectivity index (χ2v) is 10.6. The number of methoxy groups -OCH3 is 1. The lowest BCUT2D eigenvalue weighted by Gasteiger charge is -2.20. The molecule has 0 radical (unpaired) electrons. The molecule has 0 spiro atoms. The number of rotatable bonds is 8. The van der Waals surface area contributed by atoms with Crippen LogP contribution in [0.25, 0.3) is 10.5 Å². The smallest absolute Gasteiger partial charge is 0.261 e. The van der Waals surface area contributed by atoms with Gasteiger partial charge in [0.25, 0.3) is 5.91 Å². The fourth-order valence-electron chi connectivity index (χ4n) is 4.46. The molecule has 2 heterocycles. The molecule has 5 rings (SSSR count). The summed E-state index contributed by atoms with van der Waals surface area (Å²) in [7, 11) is 5.50. The summed E-state index contributed by atoms with van der Waals surface area (Å²) in [6.07, 6.45) is 4.09. The van der Waals surface area contributed by atoms with Crippen LogP contribution < -0.4 is 26.0 Å². The molecule has 1 aliphatic rings. The van der Waals surface area contributed by atoms with Crippen LogP contribution in [0, 0.1) is 11.6 Å². The summed E-state index contributed by atoms with van der Waals surface area (Å²) in [5.41, 5.74) is 10.0. The second-order valence-electron chi connectivity index (χ2n) is 9.52. The predicted octanol–water partition coefficient (Wildman–Crippen LogP) is 6.63. The number of hydrogen-bond donors (Lipinski definition) is 3. The zero-order valence-corrected chi connectivity index (χ0v) is 23.9. The fraction of sp³-hybridized carbons (Fsp3) is 0.129. The number of hydrogen-bond acceptors (Lipinski definition) is 8. The maximum Gasteiger partial charge on any atom is 0.261 e. The molecule has 0 saturated heterocycles. The van der Waals surface area contributed by atoms with Crippen molar-refractivity contribution in [1.82, 2.24) is 9.97 Å². The molecule has 0 bridgehead atoms. The Labute approximate surface area is 246 Å². The first-order valence-electron chi connectivity index (χ1n) is 12.9. The van der Waals surface area contributed by atoms with Gasteiger partial charge in [0.2, 0.25) is 5.95 Å². The lowest BCUT2D eigenvalue weighted by molar-refractivity contribution is 0.101. The van der Waals surface area contributed by atoms with Gasteiger partial charge in [-0.3, -0.25) is 4.79 Å². The Morgan fingerprint density at radius 2 is 1.79 bits per heavy atom. The summed E-state index contributed by atoms with van der Waals surface area (Å²) in [6.45, 7) is 0. The van der Waals surface area contributed by atoms with E-state index in [0.29, 0.717) is 28.8 Å². The van der Waals surface area contributed by atoms with Gasteiger partial charge in [0.1, 0.15) is 22.9 Å². The van der Waals surface area contributed by atoms with Gasteiger partial charge in [-0.2, -0.15) is 0 Å². The van der Waals surface area contributed by atoms with Crippen molar-refractivity contribution in [3.05, 3.63) is 112 Å². The molecule has 1 amide bonds. The van der Waals surface area contributed by atoms with Crippen LogP contribution in [-0.2, 0) is 0 Å². The van der Waals surface area contributed by atoms with E-state index >= 15 is 0 Å². The molecule has 8 nitrogen and oxygen atoms in total. The van der Waals surface area contributed by atoms with E-state index in [1.807, 2.05) is 49.3 Å². The van der Waals surface area contributed by atoms with Crippen molar-refractivity contribution in [2.45, 2.75) is 6.42 Å². The van der Waals surface area contributed by atoms with Gasteiger partial charge in [0.15, 0.2) is 0 Å². The first-order chi connectivity index (χ1) is 20.2. The molecule has 0 unspecified atom stereocenters. The van der Waals surface area contributed by atoms with Crippen LogP contribution in [0.5, 0.6) is 5.75 Å². The first-order valence-corrected chi connectivity index (χ1v) is 13.7. The van der Waals surface area contributed by atoms with Gasteiger partial charge >= 0.3 is 0 Å². The van der Waals surface area contributed by atoms with Crippen LogP contribution >= 0.6 is 11.8 Å². The number of ether oxygens (including phenoxy) is 1. The molecule has 0 atom stereocenters.